The van der Waals surface area contributed by atoms with Crippen molar-refractivity contribution in [2.24, 2.45) is 0 Å². The highest BCUT2D eigenvalue weighted by Crippen LogP contribution is 2.22. The maximum absolute atomic E-state index is 12.0. The molecule has 4 nitrogen and oxygen atoms in total. The van der Waals surface area contributed by atoms with Gasteiger partial charge in [-0.15, -0.1) is 11.3 Å². The molecule has 0 bridgehead atoms. The molecule has 2 N–H and O–H groups in total. The van der Waals surface area contributed by atoms with E-state index in [1.807, 2.05) is 23.6 Å². The zero-order valence-electron chi connectivity index (χ0n) is 11.0. The summed E-state index contributed by atoms with van der Waals surface area (Å²) in [4.78, 5) is 13.6. The Balaban J connectivity index is 1.87. The standard InChI is InChI=1S/C14H15BrN2O2S/c1-17(7-10-6-13(15)20-9-10)14(18)8-19-12-5-3-2-4-11(12)16/h2-6,9H,7-8,16H2,1H3. The number of halogens is 1. The van der Waals surface area contributed by atoms with E-state index in [4.69, 9.17) is 10.5 Å². The molecule has 0 aliphatic heterocycles. The van der Waals surface area contributed by atoms with Crippen molar-refractivity contribution in [1.82, 2.24) is 4.90 Å². The van der Waals surface area contributed by atoms with Crippen molar-refractivity contribution < 1.29 is 9.53 Å². The summed E-state index contributed by atoms with van der Waals surface area (Å²) in [6.07, 6.45) is 0. The predicted molar refractivity (Wildman–Crippen MR) is 84.8 cm³/mol. The van der Waals surface area contributed by atoms with Gasteiger partial charge in [0.15, 0.2) is 6.61 Å². The lowest BCUT2D eigenvalue weighted by Crippen LogP contribution is -2.30. The second kappa shape index (κ2) is 6.76. The van der Waals surface area contributed by atoms with Crippen LogP contribution in [-0.4, -0.2) is 24.5 Å². The second-order valence-corrected chi connectivity index (χ2v) is 6.63. The van der Waals surface area contributed by atoms with Gasteiger partial charge in [-0.2, -0.15) is 0 Å². The van der Waals surface area contributed by atoms with Gasteiger partial charge >= 0.3 is 0 Å². The number of ether oxygens (including phenoxy) is 1. The van der Waals surface area contributed by atoms with Crippen LogP contribution in [0.1, 0.15) is 5.56 Å². The zero-order valence-corrected chi connectivity index (χ0v) is 13.4. The van der Waals surface area contributed by atoms with E-state index in [-0.39, 0.29) is 12.5 Å². The molecular formula is C14H15BrN2O2S. The molecule has 106 valence electrons. The Morgan fingerprint density at radius 1 is 1.45 bits per heavy atom. The van der Waals surface area contributed by atoms with Crippen LogP contribution >= 0.6 is 27.3 Å². The molecule has 1 heterocycles. The van der Waals surface area contributed by atoms with Gasteiger partial charge in [0.05, 0.1) is 9.47 Å². The van der Waals surface area contributed by atoms with Crippen LogP contribution in [0.4, 0.5) is 5.69 Å². The molecule has 0 fully saturated rings. The fourth-order valence-electron chi connectivity index (χ4n) is 1.65. The molecule has 0 spiro atoms. The monoisotopic (exact) mass is 354 g/mol. The van der Waals surface area contributed by atoms with Gasteiger partial charge < -0.3 is 15.4 Å². The maximum atomic E-state index is 12.0. The van der Waals surface area contributed by atoms with Gasteiger partial charge in [-0.3, -0.25) is 4.79 Å². The summed E-state index contributed by atoms with van der Waals surface area (Å²) in [6, 6.07) is 9.14. The largest absolute Gasteiger partial charge is 0.482 e. The van der Waals surface area contributed by atoms with Gasteiger partial charge in [-0.05, 0) is 45.1 Å². The fraction of sp³-hybridized carbons (Fsp3) is 0.214. The highest BCUT2D eigenvalue weighted by Gasteiger charge is 2.11. The van der Waals surface area contributed by atoms with Gasteiger partial charge in [-0.25, -0.2) is 0 Å². The molecule has 0 aliphatic rings. The van der Waals surface area contributed by atoms with Crippen LogP contribution in [0.2, 0.25) is 0 Å². The molecule has 0 saturated carbocycles. The first-order valence-corrected chi connectivity index (χ1v) is 7.67. The number of thiophene rings is 1. The quantitative estimate of drug-likeness (QED) is 0.839. The Morgan fingerprint density at radius 3 is 2.85 bits per heavy atom. The van der Waals surface area contributed by atoms with E-state index in [9.17, 15) is 4.79 Å². The van der Waals surface area contributed by atoms with Crippen LogP contribution in [0.15, 0.2) is 39.5 Å². The lowest BCUT2D eigenvalue weighted by molar-refractivity contribution is -0.132. The highest BCUT2D eigenvalue weighted by atomic mass is 79.9. The van der Waals surface area contributed by atoms with E-state index >= 15 is 0 Å². The normalized spacial score (nSPS) is 10.3. The van der Waals surface area contributed by atoms with Crippen molar-refractivity contribution in [3.05, 3.63) is 45.1 Å². The number of para-hydroxylation sites is 2. The van der Waals surface area contributed by atoms with Gasteiger partial charge in [0.1, 0.15) is 5.75 Å². The van der Waals surface area contributed by atoms with Crippen LogP contribution in [0, 0.1) is 0 Å². The number of likely N-dealkylation sites (N-methyl/N-ethyl adjacent to an activating group) is 1. The zero-order chi connectivity index (χ0) is 14.5. The molecule has 1 aromatic carbocycles. The third kappa shape index (κ3) is 3.98. The first-order chi connectivity index (χ1) is 9.56. The Kier molecular flexibility index (Phi) is 5.03. The van der Waals surface area contributed by atoms with E-state index in [1.54, 1.807) is 35.4 Å². The van der Waals surface area contributed by atoms with Crippen molar-refractivity contribution in [3.63, 3.8) is 0 Å². The minimum absolute atomic E-state index is 0.0178. The fourth-order valence-corrected chi connectivity index (χ4v) is 2.85. The molecule has 20 heavy (non-hydrogen) atoms. The molecule has 0 atom stereocenters. The van der Waals surface area contributed by atoms with Gasteiger partial charge in [0, 0.05) is 13.6 Å². The van der Waals surface area contributed by atoms with E-state index in [2.05, 4.69) is 15.9 Å². The molecule has 2 rings (SSSR count). The maximum Gasteiger partial charge on any atom is 0.260 e. The number of hydrogen-bond donors (Lipinski definition) is 1. The number of carbonyl (C=O) groups is 1. The van der Waals surface area contributed by atoms with Crippen molar-refractivity contribution in [3.8, 4) is 5.75 Å². The Hall–Kier alpha value is -1.53. The second-order valence-electron chi connectivity index (χ2n) is 4.34. The van der Waals surface area contributed by atoms with Crippen LogP contribution in [0.25, 0.3) is 0 Å². The Labute approximate surface area is 130 Å². The first-order valence-electron chi connectivity index (χ1n) is 6.00. The van der Waals surface area contributed by atoms with E-state index in [0.29, 0.717) is 18.0 Å². The lowest BCUT2D eigenvalue weighted by Gasteiger charge is -2.17. The summed E-state index contributed by atoms with van der Waals surface area (Å²) in [5.74, 6) is 0.447. The SMILES string of the molecule is CN(Cc1csc(Br)c1)C(=O)COc1ccccc1N. The molecule has 0 radical (unpaired) electrons. The highest BCUT2D eigenvalue weighted by molar-refractivity contribution is 9.11. The van der Waals surface area contributed by atoms with E-state index in [0.717, 1.165) is 9.35 Å². The smallest absolute Gasteiger partial charge is 0.260 e. The van der Waals surface area contributed by atoms with Gasteiger partial charge in [0.2, 0.25) is 0 Å². The average molecular weight is 355 g/mol. The number of benzene rings is 1. The molecule has 1 aromatic heterocycles. The third-order valence-corrected chi connectivity index (χ3v) is 4.29. The number of anilines is 1. The first kappa shape index (κ1) is 14.9. The predicted octanol–water partition coefficient (Wildman–Crippen LogP) is 3.13. The molecule has 0 saturated heterocycles. The van der Waals surface area contributed by atoms with Gasteiger partial charge in [0.25, 0.3) is 5.91 Å². The molecule has 1 amide bonds. The lowest BCUT2D eigenvalue weighted by atomic mass is 10.3. The van der Waals surface area contributed by atoms with Crippen molar-refractivity contribution in [2.75, 3.05) is 19.4 Å². The van der Waals surface area contributed by atoms with Crippen LogP contribution in [-0.2, 0) is 11.3 Å². The number of nitrogens with zero attached hydrogens (tertiary/aromatic N) is 1. The van der Waals surface area contributed by atoms with Crippen LogP contribution in [0.3, 0.4) is 0 Å². The summed E-state index contributed by atoms with van der Waals surface area (Å²) in [7, 11) is 1.76. The van der Waals surface area contributed by atoms with Crippen LogP contribution < -0.4 is 10.5 Å². The van der Waals surface area contributed by atoms with Gasteiger partial charge in [-0.1, -0.05) is 12.1 Å². The average Bonchev–Trinajstić information content (AvgIpc) is 2.82. The van der Waals surface area contributed by atoms with Crippen molar-refractivity contribution >= 4 is 38.9 Å². The van der Waals surface area contributed by atoms with E-state index in [1.165, 1.54) is 0 Å². The number of nitrogen functional groups attached to an aromatic ring is 1. The summed E-state index contributed by atoms with van der Waals surface area (Å²) in [5.41, 5.74) is 7.38. The van der Waals surface area contributed by atoms with Crippen molar-refractivity contribution in [2.45, 2.75) is 6.54 Å². The topological polar surface area (TPSA) is 55.6 Å². The number of rotatable bonds is 5. The summed E-state index contributed by atoms with van der Waals surface area (Å²) in [5, 5.41) is 2.02. The van der Waals surface area contributed by atoms with E-state index < -0.39 is 0 Å². The Bertz CT molecular complexity index is 600. The molecule has 0 unspecified atom stereocenters. The summed E-state index contributed by atoms with van der Waals surface area (Å²) >= 11 is 5.01. The molecule has 6 heteroatoms. The number of carbonyl (C=O) groups excluding carboxylic acids is 1. The molecular weight excluding hydrogens is 340 g/mol. The minimum atomic E-state index is -0.0874. The minimum Gasteiger partial charge on any atom is -0.482 e. The molecule has 0 aliphatic carbocycles. The third-order valence-electron chi connectivity index (χ3n) is 2.74. The number of nitrogens with two attached hydrogens (primary N) is 1. The van der Waals surface area contributed by atoms with Crippen LogP contribution in [0.5, 0.6) is 5.75 Å². The van der Waals surface area contributed by atoms with Crippen molar-refractivity contribution in [1.29, 1.82) is 0 Å². The summed E-state index contributed by atoms with van der Waals surface area (Å²) < 4.78 is 6.50. The number of hydrogen-bond acceptors (Lipinski definition) is 4. The number of amides is 1. The molecule has 2 aromatic rings. The Morgan fingerprint density at radius 2 is 2.20 bits per heavy atom. The summed E-state index contributed by atoms with van der Waals surface area (Å²) in [6.45, 7) is 0.546.